The first-order chi connectivity index (χ1) is 11.7. The number of hydrazone groups is 1. The summed E-state index contributed by atoms with van der Waals surface area (Å²) in [6.07, 6.45) is 9.14. The van der Waals surface area contributed by atoms with Crippen molar-refractivity contribution in [3.05, 3.63) is 23.8 Å². The number of ether oxygens (including phenoxy) is 2. The van der Waals surface area contributed by atoms with Crippen molar-refractivity contribution in [1.82, 2.24) is 5.43 Å². The smallest absolute Gasteiger partial charge is 0.240 e. The zero-order valence-electron chi connectivity index (χ0n) is 15.1. The van der Waals surface area contributed by atoms with Crippen LogP contribution in [0.25, 0.3) is 0 Å². The minimum Gasteiger partial charge on any atom is -0.493 e. The molecule has 0 aliphatic rings. The average molecular weight is 334 g/mol. The van der Waals surface area contributed by atoms with E-state index in [9.17, 15) is 4.79 Å². The summed E-state index contributed by atoms with van der Waals surface area (Å²) in [6, 6.07) is 5.53. The Morgan fingerprint density at radius 2 is 1.88 bits per heavy atom. The third kappa shape index (κ3) is 7.99. The Hall–Kier alpha value is -2.04. The molecule has 0 saturated heterocycles. The molecule has 1 aromatic carbocycles. The standard InChI is InChI=1S/C19H30N2O3/c1-4-6-7-8-9-10-11-19(22)21-20-15-16-12-13-17(24-5-2)18(14-16)23-3/h12-15H,4-11H2,1-3H3,(H,21,22)/b20-15+. The average Bonchev–Trinajstić information content (AvgIpc) is 2.59. The number of hydrogen-bond donors (Lipinski definition) is 1. The topological polar surface area (TPSA) is 59.9 Å². The molecule has 0 unspecified atom stereocenters. The molecule has 134 valence electrons. The first kappa shape index (κ1) is 20.0. The molecule has 24 heavy (non-hydrogen) atoms. The monoisotopic (exact) mass is 334 g/mol. The first-order valence-corrected chi connectivity index (χ1v) is 8.84. The van der Waals surface area contributed by atoms with E-state index in [0.29, 0.717) is 24.5 Å². The van der Waals surface area contributed by atoms with Crippen LogP contribution in [0.5, 0.6) is 11.5 Å². The molecule has 0 fully saturated rings. The zero-order chi connectivity index (χ0) is 17.6. The minimum absolute atomic E-state index is 0.0420. The van der Waals surface area contributed by atoms with Gasteiger partial charge in [0.25, 0.3) is 0 Å². The van der Waals surface area contributed by atoms with Crippen molar-refractivity contribution >= 4 is 12.1 Å². The summed E-state index contributed by atoms with van der Waals surface area (Å²) in [5.74, 6) is 1.31. The molecule has 5 nitrogen and oxygen atoms in total. The molecule has 0 atom stereocenters. The van der Waals surface area contributed by atoms with Crippen LogP contribution in [0.4, 0.5) is 0 Å². The van der Waals surface area contributed by atoms with Crippen molar-refractivity contribution in [3.63, 3.8) is 0 Å². The molecular weight excluding hydrogens is 304 g/mol. The number of hydrogen-bond acceptors (Lipinski definition) is 4. The van der Waals surface area contributed by atoms with Crippen LogP contribution in [0, 0.1) is 0 Å². The molecule has 1 amide bonds. The van der Waals surface area contributed by atoms with Gasteiger partial charge in [0.2, 0.25) is 5.91 Å². The minimum atomic E-state index is -0.0420. The number of nitrogens with zero attached hydrogens (tertiary/aromatic N) is 1. The Labute approximate surface area is 145 Å². The largest absolute Gasteiger partial charge is 0.493 e. The quantitative estimate of drug-likeness (QED) is 0.352. The Morgan fingerprint density at radius 1 is 1.12 bits per heavy atom. The molecule has 0 saturated carbocycles. The van der Waals surface area contributed by atoms with Gasteiger partial charge in [-0.2, -0.15) is 5.10 Å². The molecule has 0 radical (unpaired) electrons. The molecule has 1 rings (SSSR count). The maximum absolute atomic E-state index is 11.7. The summed E-state index contributed by atoms with van der Waals surface area (Å²) in [5.41, 5.74) is 3.41. The van der Waals surface area contributed by atoms with Gasteiger partial charge < -0.3 is 9.47 Å². The SMILES string of the molecule is CCCCCCCCC(=O)N/N=C/c1ccc(OCC)c(OC)c1. The molecule has 0 heterocycles. The summed E-state index contributed by atoms with van der Waals surface area (Å²) in [7, 11) is 1.60. The second kappa shape index (κ2) is 12.4. The van der Waals surface area contributed by atoms with Crippen molar-refractivity contribution in [2.24, 2.45) is 5.10 Å². The van der Waals surface area contributed by atoms with E-state index in [2.05, 4.69) is 17.5 Å². The Morgan fingerprint density at radius 3 is 2.58 bits per heavy atom. The van der Waals surface area contributed by atoms with Gasteiger partial charge in [0.05, 0.1) is 19.9 Å². The highest BCUT2D eigenvalue weighted by Crippen LogP contribution is 2.27. The molecule has 5 heteroatoms. The second-order valence-corrected chi connectivity index (χ2v) is 5.65. The van der Waals surface area contributed by atoms with Gasteiger partial charge in [-0.25, -0.2) is 5.43 Å². The first-order valence-electron chi connectivity index (χ1n) is 8.84. The van der Waals surface area contributed by atoms with Crippen LogP contribution in [-0.2, 0) is 4.79 Å². The molecule has 0 spiro atoms. The number of amides is 1. The lowest BCUT2D eigenvalue weighted by molar-refractivity contribution is -0.121. The highest BCUT2D eigenvalue weighted by atomic mass is 16.5. The van der Waals surface area contributed by atoms with Crippen LogP contribution in [0.2, 0.25) is 0 Å². The summed E-state index contributed by atoms with van der Waals surface area (Å²) in [5, 5.41) is 4.00. The maximum atomic E-state index is 11.7. The van der Waals surface area contributed by atoms with E-state index < -0.39 is 0 Å². The predicted octanol–water partition coefficient (Wildman–Crippen LogP) is 4.29. The van der Waals surface area contributed by atoms with Gasteiger partial charge in [0, 0.05) is 6.42 Å². The molecular formula is C19H30N2O3. The van der Waals surface area contributed by atoms with Crippen LogP contribution in [0.3, 0.4) is 0 Å². The lowest BCUT2D eigenvalue weighted by atomic mass is 10.1. The van der Waals surface area contributed by atoms with E-state index in [0.717, 1.165) is 18.4 Å². The number of methoxy groups -OCH3 is 1. The zero-order valence-corrected chi connectivity index (χ0v) is 15.1. The number of carbonyl (C=O) groups is 1. The highest BCUT2D eigenvalue weighted by molar-refractivity contribution is 5.83. The normalized spacial score (nSPS) is 10.8. The lowest BCUT2D eigenvalue weighted by Crippen LogP contribution is -2.16. The van der Waals surface area contributed by atoms with Gasteiger partial charge >= 0.3 is 0 Å². The van der Waals surface area contributed by atoms with E-state index in [1.165, 1.54) is 25.7 Å². The Balaban J connectivity index is 2.34. The fraction of sp³-hybridized carbons (Fsp3) is 0.579. The molecule has 0 aliphatic carbocycles. The van der Waals surface area contributed by atoms with E-state index in [1.54, 1.807) is 13.3 Å². The van der Waals surface area contributed by atoms with Gasteiger partial charge in [0.15, 0.2) is 11.5 Å². The Bertz CT molecular complexity index is 515. The van der Waals surface area contributed by atoms with Gasteiger partial charge in [-0.15, -0.1) is 0 Å². The van der Waals surface area contributed by atoms with Crippen LogP contribution < -0.4 is 14.9 Å². The number of rotatable bonds is 12. The third-order valence-corrected chi connectivity index (χ3v) is 3.65. The van der Waals surface area contributed by atoms with Crippen molar-refractivity contribution in [3.8, 4) is 11.5 Å². The van der Waals surface area contributed by atoms with Gasteiger partial charge in [0.1, 0.15) is 0 Å². The predicted molar refractivity (Wildman–Crippen MR) is 97.9 cm³/mol. The van der Waals surface area contributed by atoms with E-state index in [-0.39, 0.29) is 5.91 Å². The van der Waals surface area contributed by atoms with E-state index >= 15 is 0 Å². The van der Waals surface area contributed by atoms with E-state index in [1.807, 2.05) is 25.1 Å². The van der Waals surface area contributed by atoms with Crippen molar-refractivity contribution in [1.29, 1.82) is 0 Å². The van der Waals surface area contributed by atoms with Crippen molar-refractivity contribution < 1.29 is 14.3 Å². The van der Waals surface area contributed by atoms with Crippen molar-refractivity contribution in [2.75, 3.05) is 13.7 Å². The maximum Gasteiger partial charge on any atom is 0.240 e. The molecule has 0 aromatic heterocycles. The van der Waals surface area contributed by atoms with Crippen LogP contribution in [0.1, 0.15) is 64.4 Å². The molecule has 1 N–H and O–H groups in total. The summed E-state index contributed by atoms with van der Waals surface area (Å²) >= 11 is 0. The highest BCUT2D eigenvalue weighted by Gasteiger charge is 2.04. The fourth-order valence-electron chi connectivity index (χ4n) is 2.34. The number of carbonyl (C=O) groups excluding carboxylic acids is 1. The summed E-state index contributed by atoms with van der Waals surface area (Å²) in [6.45, 7) is 4.71. The van der Waals surface area contributed by atoms with Gasteiger partial charge in [-0.1, -0.05) is 39.0 Å². The second-order valence-electron chi connectivity index (χ2n) is 5.65. The van der Waals surface area contributed by atoms with Crippen LogP contribution in [0.15, 0.2) is 23.3 Å². The van der Waals surface area contributed by atoms with Crippen LogP contribution >= 0.6 is 0 Å². The number of nitrogens with one attached hydrogen (secondary N) is 1. The van der Waals surface area contributed by atoms with Gasteiger partial charge in [-0.05, 0) is 37.1 Å². The van der Waals surface area contributed by atoms with Crippen LogP contribution in [-0.4, -0.2) is 25.8 Å². The third-order valence-electron chi connectivity index (χ3n) is 3.65. The fourth-order valence-corrected chi connectivity index (χ4v) is 2.34. The van der Waals surface area contributed by atoms with E-state index in [4.69, 9.17) is 9.47 Å². The number of benzene rings is 1. The Kier molecular flexibility index (Phi) is 10.3. The summed E-state index contributed by atoms with van der Waals surface area (Å²) < 4.78 is 10.8. The van der Waals surface area contributed by atoms with Gasteiger partial charge in [-0.3, -0.25) is 4.79 Å². The van der Waals surface area contributed by atoms with Crippen molar-refractivity contribution in [2.45, 2.75) is 58.8 Å². The lowest BCUT2D eigenvalue weighted by Gasteiger charge is -2.09. The number of unbranched alkanes of at least 4 members (excludes halogenated alkanes) is 5. The molecule has 0 aliphatic heterocycles. The summed E-state index contributed by atoms with van der Waals surface area (Å²) in [4.78, 5) is 11.7. The molecule has 1 aromatic rings. The molecule has 0 bridgehead atoms.